The summed E-state index contributed by atoms with van der Waals surface area (Å²) in [7, 11) is -7.43. The van der Waals surface area contributed by atoms with E-state index in [2.05, 4.69) is 0 Å². The maximum Gasteiger partial charge on any atom is 0.267 e. The van der Waals surface area contributed by atoms with Gasteiger partial charge in [0.25, 0.3) is 10.1 Å². The van der Waals surface area contributed by atoms with Crippen molar-refractivity contribution < 1.29 is 26.1 Å². The van der Waals surface area contributed by atoms with Crippen LogP contribution in [0.3, 0.4) is 0 Å². The summed E-state index contributed by atoms with van der Waals surface area (Å²) < 4.78 is 58.4. The molecule has 0 spiro atoms. The molecular weight excluding hydrogens is 353 g/mol. The van der Waals surface area contributed by atoms with Crippen LogP contribution in [0.25, 0.3) is 0 Å². The summed E-state index contributed by atoms with van der Waals surface area (Å²) in [6.07, 6.45) is 0.243. The molecule has 122 valence electrons. The van der Waals surface area contributed by atoms with E-state index in [1.807, 2.05) is 0 Å². The molecule has 1 N–H and O–H groups in total. The maximum atomic E-state index is 11.7. The van der Waals surface area contributed by atoms with Gasteiger partial charge < -0.3 is 4.74 Å². The van der Waals surface area contributed by atoms with Gasteiger partial charge in [-0.2, -0.15) is 8.42 Å². The molecule has 0 aromatic heterocycles. The molecule has 0 aromatic rings. The van der Waals surface area contributed by atoms with Crippen molar-refractivity contribution in [2.75, 3.05) is 30.5 Å². The molecule has 7 nitrogen and oxygen atoms in total. The van der Waals surface area contributed by atoms with Gasteiger partial charge in [-0.3, -0.25) is 4.55 Å². The fourth-order valence-electron chi connectivity index (χ4n) is 1.04. The molecule has 0 aliphatic carbocycles. The second kappa shape index (κ2) is 8.11. The molecule has 20 heavy (non-hydrogen) atoms. The summed E-state index contributed by atoms with van der Waals surface area (Å²) in [6.45, 7) is 3.01. The fourth-order valence-corrected chi connectivity index (χ4v) is 2.93. The lowest BCUT2D eigenvalue weighted by Gasteiger charge is -2.27. The minimum atomic E-state index is -4.09. The predicted octanol–water partition coefficient (Wildman–Crippen LogP) is 1.08. The van der Waals surface area contributed by atoms with Gasteiger partial charge in [0, 0.05) is 5.54 Å². The van der Waals surface area contributed by atoms with E-state index in [1.54, 1.807) is 13.8 Å². The molecule has 0 saturated carbocycles. The minimum absolute atomic E-state index is 0.113. The third-order valence-electron chi connectivity index (χ3n) is 2.51. The highest BCUT2D eigenvalue weighted by molar-refractivity contribution is 7.91. The minimum Gasteiger partial charge on any atom is -0.379 e. The van der Waals surface area contributed by atoms with Crippen LogP contribution in [0.2, 0.25) is 0 Å². The number of hydrogen-bond donors (Lipinski definition) is 1. The molecule has 0 radical (unpaired) electrons. The van der Waals surface area contributed by atoms with Crippen LogP contribution in [0.15, 0.2) is 0 Å². The number of rotatable bonds is 10. The Hall–Kier alpha value is 0.360. The number of sulfone groups is 1. The van der Waals surface area contributed by atoms with E-state index in [9.17, 15) is 16.8 Å². The Kier molecular flexibility index (Phi) is 8.26. The van der Waals surface area contributed by atoms with Gasteiger partial charge in [-0.15, -0.1) is 3.94 Å². The van der Waals surface area contributed by atoms with E-state index in [0.717, 1.165) is 3.94 Å². The molecule has 0 fully saturated rings. The first-order valence-corrected chi connectivity index (χ1v) is 9.81. The molecule has 0 amide bonds. The van der Waals surface area contributed by atoms with E-state index in [0.29, 0.717) is 0 Å². The van der Waals surface area contributed by atoms with Gasteiger partial charge >= 0.3 is 0 Å². The van der Waals surface area contributed by atoms with Crippen molar-refractivity contribution in [3.63, 3.8) is 0 Å². The monoisotopic (exact) mass is 371 g/mol. The van der Waals surface area contributed by atoms with E-state index in [1.165, 1.54) is 0 Å². The van der Waals surface area contributed by atoms with Crippen LogP contribution in [0, 0.1) is 0 Å². The summed E-state index contributed by atoms with van der Waals surface area (Å²) in [5.74, 6) is -0.912. The van der Waals surface area contributed by atoms with Crippen molar-refractivity contribution in [3.05, 3.63) is 0 Å². The lowest BCUT2D eigenvalue weighted by molar-refractivity contribution is 0.163. The molecule has 0 rings (SSSR count). The van der Waals surface area contributed by atoms with Crippen LogP contribution in [0.5, 0.6) is 0 Å². The van der Waals surface area contributed by atoms with E-state index < -0.39 is 31.2 Å². The van der Waals surface area contributed by atoms with Crippen molar-refractivity contribution in [3.8, 4) is 0 Å². The first-order chi connectivity index (χ1) is 8.86. The molecule has 11 heteroatoms. The average molecular weight is 372 g/mol. The van der Waals surface area contributed by atoms with Gasteiger partial charge in [0.2, 0.25) is 0 Å². The summed E-state index contributed by atoms with van der Waals surface area (Å²) in [6, 6.07) is 0. The quantitative estimate of drug-likeness (QED) is 0.348. The Bertz CT molecular complexity index is 489. The molecule has 0 bridgehead atoms. The van der Waals surface area contributed by atoms with Crippen LogP contribution < -0.4 is 0 Å². The fraction of sp³-hybridized carbons (Fsp3) is 1.00. The van der Waals surface area contributed by atoms with Gasteiger partial charge in [-0.25, -0.2) is 8.42 Å². The Balaban J connectivity index is 4.04. The molecule has 0 aromatic carbocycles. The van der Waals surface area contributed by atoms with Gasteiger partial charge in [-0.1, -0.05) is 0 Å². The zero-order chi connectivity index (χ0) is 16.0. The molecule has 0 atom stereocenters. The summed E-state index contributed by atoms with van der Waals surface area (Å²) >= 11 is 11.2. The number of hydrogen-bond acceptors (Lipinski definition) is 6. The zero-order valence-electron chi connectivity index (χ0n) is 11.3. The zero-order valence-corrected chi connectivity index (χ0v) is 14.4. The van der Waals surface area contributed by atoms with Crippen molar-refractivity contribution in [1.82, 2.24) is 3.94 Å². The highest BCUT2D eigenvalue weighted by atomic mass is 35.5. The summed E-state index contributed by atoms with van der Waals surface area (Å²) in [4.78, 5) is 0. The molecule has 0 aliphatic heterocycles. The van der Waals surface area contributed by atoms with Crippen molar-refractivity contribution in [2.24, 2.45) is 0 Å². The molecule has 0 unspecified atom stereocenters. The SMILES string of the molecule is CC(C)(CCS(=O)(=O)CCOCCS(=O)(=O)O)N(Cl)Cl. The summed E-state index contributed by atoms with van der Waals surface area (Å²) in [5, 5.41) is 0. The number of ether oxygens (including phenoxy) is 1. The number of halogens is 2. The highest BCUT2D eigenvalue weighted by Gasteiger charge is 2.26. The second-order valence-corrected chi connectivity index (χ2v) is 9.57. The summed E-state index contributed by atoms with van der Waals surface area (Å²) in [5.41, 5.74) is -0.679. The molecular formula is C9H19Cl2NO6S2. The van der Waals surface area contributed by atoms with Gasteiger partial charge in [0.1, 0.15) is 0 Å². The third-order valence-corrected chi connectivity index (χ3v) is 5.72. The number of nitrogens with zero attached hydrogens (tertiary/aromatic N) is 1. The smallest absolute Gasteiger partial charge is 0.267 e. The molecule has 0 heterocycles. The van der Waals surface area contributed by atoms with Gasteiger partial charge in [0.15, 0.2) is 9.84 Å². The highest BCUT2D eigenvalue weighted by Crippen LogP contribution is 2.24. The standard InChI is InChI=1S/C9H19Cl2NO6S2/c1-9(2,12(10)11)3-6-19(13,14)7-4-18-5-8-20(15,16)17/h3-8H2,1-2H3,(H,15,16,17). The second-order valence-electron chi connectivity index (χ2n) is 4.85. The van der Waals surface area contributed by atoms with E-state index >= 15 is 0 Å². The van der Waals surface area contributed by atoms with Gasteiger partial charge in [-0.05, 0) is 43.8 Å². The van der Waals surface area contributed by atoms with Crippen LogP contribution in [-0.4, -0.2) is 61.3 Å². The Morgan fingerprint density at radius 1 is 1.05 bits per heavy atom. The predicted molar refractivity (Wildman–Crippen MR) is 78.1 cm³/mol. The van der Waals surface area contributed by atoms with Crippen molar-refractivity contribution in [2.45, 2.75) is 25.8 Å². The normalized spacial score (nSPS) is 13.9. The van der Waals surface area contributed by atoms with Crippen molar-refractivity contribution in [1.29, 1.82) is 0 Å². The van der Waals surface area contributed by atoms with E-state index in [4.69, 9.17) is 32.8 Å². The van der Waals surface area contributed by atoms with E-state index in [-0.39, 0.29) is 31.1 Å². The molecule has 0 aliphatic rings. The molecule has 0 saturated heterocycles. The first-order valence-electron chi connectivity index (χ1n) is 5.71. The van der Waals surface area contributed by atoms with Crippen molar-refractivity contribution >= 4 is 43.5 Å². The first kappa shape index (κ1) is 20.4. The van der Waals surface area contributed by atoms with Crippen LogP contribution in [-0.2, 0) is 24.7 Å². The lowest BCUT2D eigenvalue weighted by atomic mass is 10.0. The Morgan fingerprint density at radius 2 is 1.55 bits per heavy atom. The topological polar surface area (TPSA) is 101 Å². The van der Waals surface area contributed by atoms with Crippen LogP contribution >= 0.6 is 23.6 Å². The van der Waals surface area contributed by atoms with Gasteiger partial charge in [0.05, 0.1) is 30.5 Å². The Labute approximate surface area is 130 Å². The maximum absolute atomic E-state index is 11.7. The van der Waals surface area contributed by atoms with Crippen LogP contribution in [0.1, 0.15) is 20.3 Å². The average Bonchev–Trinajstić information content (AvgIpc) is 2.24. The van der Waals surface area contributed by atoms with Crippen LogP contribution in [0.4, 0.5) is 0 Å². The third kappa shape index (κ3) is 10.1. The Morgan fingerprint density at radius 3 is 2.00 bits per heavy atom. The largest absolute Gasteiger partial charge is 0.379 e. The lowest BCUT2D eigenvalue weighted by Crippen LogP contribution is -2.34.